The van der Waals surface area contributed by atoms with E-state index in [2.05, 4.69) is 121 Å². The topological polar surface area (TPSA) is 34.4 Å². The molecule has 6 nitrogen and oxygen atoms in total. The average molecular weight is 1260 g/mol. The monoisotopic (exact) mass is 1260 g/mol. The first-order valence-corrected chi connectivity index (χ1v) is 32.6. The van der Waals surface area contributed by atoms with Crippen LogP contribution in [0.1, 0.15) is 138 Å². The molecular formula is C89H78BN5O. The molecule has 2 aliphatic heterocycles. The van der Waals surface area contributed by atoms with E-state index in [9.17, 15) is 24.7 Å². The summed E-state index contributed by atoms with van der Waals surface area (Å²) in [5, 5.41) is 3.81. The minimum Gasteiger partial charge on any atom is -0.452 e. The van der Waals surface area contributed by atoms with E-state index in [4.69, 9.17) is 7.16 Å². The molecule has 96 heavy (non-hydrogen) atoms. The first kappa shape index (κ1) is 40.7. The van der Waals surface area contributed by atoms with Gasteiger partial charge >= 0.3 is 0 Å². The van der Waals surface area contributed by atoms with Crippen molar-refractivity contribution in [3.05, 3.63) is 264 Å². The van der Waals surface area contributed by atoms with Crippen LogP contribution in [0, 0.1) is 6.85 Å². The zero-order valence-electron chi connectivity index (χ0n) is 74.6. The summed E-state index contributed by atoms with van der Waals surface area (Å²) in [6.45, 7) is 4.07. The van der Waals surface area contributed by atoms with Crippen LogP contribution in [0.15, 0.2) is 241 Å². The van der Waals surface area contributed by atoms with Crippen LogP contribution in [-0.2, 0) is 21.7 Å². The molecule has 0 N–H and O–H groups in total. The normalized spacial score (nSPS) is 17.2. The highest BCUT2D eigenvalue weighted by atomic mass is 16.3. The summed E-state index contributed by atoms with van der Waals surface area (Å²) < 4.78 is 202. The molecule has 0 spiro atoms. The van der Waals surface area contributed by atoms with E-state index in [1.54, 1.807) is 41.3 Å². The second-order valence-corrected chi connectivity index (χ2v) is 29.1. The molecule has 0 saturated carbocycles. The number of rotatable bonds is 5. The molecule has 18 rings (SSSR count). The zero-order valence-corrected chi connectivity index (χ0v) is 54.6. The summed E-state index contributed by atoms with van der Waals surface area (Å²) in [5.41, 5.74) is 5.72. The van der Waals surface area contributed by atoms with Crippen molar-refractivity contribution in [2.24, 2.45) is 0 Å². The summed E-state index contributed by atoms with van der Waals surface area (Å²) in [5.74, 6) is 0. The predicted molar refractivity (Wildman–Crippen MR) is 410 cm³/mol. The Morgan fingerprint density at radius 1 is 0.333 bits per heavy atom. The third-order valence-electron chi connectivity index (χ3n) is 20.1. The number of anilines is 6. The fraction of sp³-hybridized carbons (Fsp3) is 0.191. The highest BCUT2D eigenvalue weighted by Crippen LogP contribution is 2.51. The Morgan fingerprint density at radius 2 is 0.812 bits per heavy atom. The van der Waals surface area contributed by atoms with Gasteiger partial charge in [0, 0.05) is 99.4 Å². The molecule has 0 aliphatic carbocycles. The lowest BCUT2D eigenvalue weighted by Gasteiger charge is -2.44. The Morgan fingerprint density at radius 3 is 1.38 bits per heavy atom. The minimum absolute atomic E-state index is 0.0404. The lowest BCUT2D eigenvalue weighted by molar-refractivity contribution is 0.590. The van der Waals surface area contributed by atoms with E-state index in [1.807, 2.05) is 88.3 Å². The number of benzene rings is 12. The molecule has 0 fully saturated rings. The molecular weight excluding hydrogens is 1170 g/mol. The Labute approximate surface area is 590 Å². The number of para-hydroxylation sites is 5. The van der Waals surface area contributed by atoms with Gasteiger partial charge in [-0.25, -0.2) is 0 Å². The van der Waals surface area contributed by atoms with E-state index < -0.39 is 93.4 Å². The van der Waals surface area contributed by atoms with Crippen molar-refractivity contribution in [2.75, 3.05) is 9.80 Å². The van der Waals surface area contributed by atoms with Crippen molar-refractivity contribution in [3.63, 3.8) is 0 Å². The third kappa shape index (κ3) is 8.57. The zero-order chi connectivity index (χ0) is 82.8. The van der Waals surface area contributed by atoms with E-state index in [0.29, 0.717) is 44.5 Å². The lowest BCUT2D eigenvalue weighted by Crippen LogP contribution is -2.61. The summed E-state index contributed by atoms with van der Waals surface area (Å²) >= 11 is 0. The van der Waals surface area contributed by atoms with Crippen LogP contribution in [0.3, 0.4) is 0 Å². The third-order valence-corrected chi connectivity index (χ3v) is 20.1. The van der Waals surface area contributed by atoms with Crippen LogP contribution in [0.4, 0.5) is 34.1 Å². The number of aryl methyl sites for hydroxylation is 1. The fourth-order valence-electron chi connectivity index (χ4n) is 15.4. The number of hydrogen-bond acceptors (Lipinski definition) is 3. The molecule has 0 unspecified atom stereocenters. The maximum absolute atomic E-state index is 9.75. The van der Waals surface area contributed by atoms with Gasteiger partial charge in [0.25, 0.3) is 6.71 Å². The number of fused-ring (bicyclic) bond motifs is 16. The van der Waals surface area contributed by atoms with E-state index in [-0.39, 0.29) is 82.9 Å². The second kappa shape index (κ2) is 20.3. The van der Waals surface area contributed by atoms with Crippen molar-refractivity contribution in [3.8, 4) is 17.1 Å². The van der Waals surface area contributed by atoms with E-state index in [0.717, 1.165) is 66.0 Å². The summed E-state index contributed by atoms with van der Waals surface area (Å²) in [6.07, 6.45) is 0. The number of furan rings is 1. The van der Waals surface area contributed by atoms with Crippen LogP contribution >= 0.6 is 0 Å². The van der Waals surface area contributed by atoms with Gasteiger partial charge < -0.3 is 27.9 Å². The number of aromatic nitrogens is 3. The molecule has 6 heterocycles. The largest absolute Gasteiger partial charge is 0.452 e. The maximum atomic E-state index is 9.75. The highest BCUT2D eigenvalue weighted by Gasteiger charge is 2.45. The van der Waals surface area contributed by atoms with Crippen molar-refractivity contribution >= 4 is 145 Å². The van der Waals surface area contributed by atoms with Crippen LogP contribution in [-0.4, -0.2) is 20.4 Å². The van der Waals surface area contributed by atoms with Gasteiger partial charge in [-0.2, -0.15) is 0 Å². The Bertz CT molecular complexity index is 6740. The first-order chi connectivity index (χ1) is 54.3. The van der Waals surface area contributed by atoms with Crippen LogP contribution in [0.2, 0.25) is 0 Å². The van der Waals surface area contributed by atoms with Gasteiger partial charge in [-0.15, -0.1) is 0 Å². The molecule has 0 atom stereocenters. The van der Waals surface area contributed by atoms with E-state index >= 15 is 0 Å². The van der Waals surface area contributed by atoms with Crippen molar-refractivity contribution in [1.29, 1.82) is 0 Å². The van der Waals surface area contributed by atoms with Crippen molar-refractivity contribution < 1.29 is 31.8 Å². The summed E-state index contributed by atoms with van der Waals surface area (Å²) in [7, 11) is 0. The molecule has 0 saturated heterocycles. The first-order valence-electron chi connectivity index (χ1n) is 42.6. The average Bonchev–Trinajstić information content (AvgIpc) is 1.25. The number of hydrogen-bond donors (Lipinski definition) is 0. The molecule has 16 aromatic rings. The Kier molecular flexibility index (Phi) is 8.59. The SMILES string of the molecule is [2H]c1c([2H])c([2H])c2c(c1[2H])c1c([2H])c([2H])c([2H])c([2H])c1n2-c1ccc2c(c1)N(c1cc(C(C([2H])([2H])[2H])(C([2H])([2H])[2H])C([2H])([2H])[2H])cc3c1oc1c(-n4c5ccccc5c5ccccc54)cccc13)c1cc(C([2H])([2H])[2H])cc3c1B2c1ccc(-n2c4ccc(C(C)(C)C)cc4c4cc(C(C)(C)C)ccc42)cc1N3c1ccc(C(C)(C)C)cc1. The van der Waals surface area contributed by atoms with Crippen LogP contribution in [0.5, 0.6) is 0 Å². The quantitative estimate of drug-likeness (QED) is 0.161. The van der Waals surface area contributed by atoms with Gasteiger partial charge in [0.1, 0.15) is 0 Å². The molecule has 4 aromatic heterocycles. The molecule has 12 aromatic carbocycles. The lowest BCUT2D eigenvalue weighted by atomic mass is 9.33. The van der Waals surface area contributed by atoms with Gasteiger partial charge in [-0.1, -0.05) is 204 Å². The smallest absolute Gasteiger partial charge is 0.252 e. The van der Waals surface area contributed by atoms with Crippen LogP contribution < -0.4 is 26.2 Å². The maximum Gasteiger partial charge on any atom is 0.252 e. The summed E-state index contributed by atoms with van der Waals surface area (Å²) in [6, 6.07) is 54.1. The predicted octanol–water partition coefficient (Wildman–Crippen LogP) is 22.5. The standard InChI is InChI=1S/C89H78BN5O/c1-53-45-80-83-81(46-53)95(82-50-57(89(11,12)13)49-68-65-27-22-32-77(84(65)96-85(68)82)94-73-30-20-16-25-63(73)64-26-17-21-31-74(64)94)79-52-60(92-71-28-18-14-23-61(71)62-24-15-19-29-72(62)92)40-42-70(79)90(83)69-41-39-59(51-78(69)91(80)58-37-33-54(34-38-58)86(2,3)4)93-75-43-35-55(87(5,6)7)47-66(75)67-48-56(88(8,9)10)36-44-76(67)93/h14-52H,1-13H3/i1D3,11D3,12D3,13D3,14D,15D,18D,19D,23D,24D,28D,29D. The molecule has 0 bridgehead atoms. The Hall–Kier alpha value is -10.5. The highest BCUT2D eigenvalue weighted by molar-refractivity contribution is 7.00. The van der Waals surface area contributed by atoms with Crippen LogP contribution in [0.25, 0.3) is 104 Å². The van der Waals surface area contributed by atoms with Gasteiger partial charge in [0.05, 0.1) is 55.4 Å². The van der Waals surface area contributed by atoms with Gasteiger partial charge in [0.15, 0.2) is 11.2 Å². The van der Waals surface area contributed by atoms with Crippen molar-refractivity contribution in [1.82, 2.24) is 13.7 Å². The molecule has 7 heteroatoms. The minimum atomic E-state index is -3.84. The summed E-state index contributed by atoms with van der Waals surface area (Å²) in [4.78, 5) is 3.68. The van der Waals surface area contributed by atoms with Crippen molar-refractivity contribution in [2.45, 2.75) is 111 Å². The second-order valence-electron chi connectivity index (χ2n) is 29.1. The molecule has 0 amide bonds. The molecule has 0 radical (unpaired) electrons. The fourth-order valence-corrected chi connectivity index (χ4v) is 15.4. The van der Waals surface area contributed by atoms with Gasteiger partial charge in [0.2, 0.25) is 0 Å². The van der Waals surface area contributed by atoms with Gasteiger partial charge in [-0.05, 0) is 188 Å². The molecule has 2 aliphatic rings. The van der Waals surface area contributed by atoms with Gasteiger partial charge in [-0.3, -0.25) is 0 Å². The molecule has 468 valence electrons. The van der Waals surface area contributed by atoms with E-state index in [1.165, 1.54) is 22.8 Å². The number of nitrogens with zero attached hydrogens (tertiary/aromatic N) is 5. The Balaban J connectivity index is 1.03.